The Morgan fingerprint density at radius 3 is 2.30 bits per heavy atom. The predicted molar refractivity (Wildman–Crippen MR) is 72.3 cm³/mol. The Morgan fingerprint density at radius 1 is 1.30 bits per heavy atom. The van der Waals surface area contributed by atoms with Crippen molar-refractivity contribution in [1.29, 1.82) is 0 Å². The summed E-state index contributed by atoms with van der Waals surface area (Å²) in [5.74, 6) is -0.948. The smallest absolute Gasteiger partial charge is 0.408 e. The first kappa shape index (κ1) is 16.7. The second kappa shape index (κ2) is 6.90. The maximum absolute atomic E-state index is 13.0. The molecule has 1 amide bonds. The first-order chi connectivity index (χ1) is 9.17. The number of aliphatic carboxylic acids is 1. The van der Waals surface area contributed by atoms with E-state index in [-0.39, 0.29) is 5.92 Å². The molecule has 1 fully saturated rings. The molecule has 0 aliphatic heterocycles. The van der Waals surface area contributed by atoms with Crippen LogP contribution in [0.15, 0.2) is 0 Å². The summed E-state index contributed by atoms with van der Waals surface area (Å²) < 4.78 is 18.1. The van der Waals surface area contributed by atoms with Gasteiger partial charge in [0, 0.05) is 0 Å². The zero-order chi connectivity index (χ0) is 15.3. The normalized spacial score (nSPS) is 24.8. The molecule has 1 saturated carbocycles. The quantitative estimate of drug-likeness (QED) is 0.834. The molecule has 1 rings (SSSR count). The lowest BCUT2D eigenvalue weighted by Crippen LogP contribution is -2.44. The number of alkyl halides is 1. The predicted octanol–water partition coefficient (Wildman–Crippen LogP) is 2.88. The van der Waals surface area contributed by atoms with Gasteiger partial charge in [0.2, 0.25) is 0 Å². The second-order valence-electron chi connectivity index (χ2n) is 6.39. The number of hydrogen-bond donors (Lipinski definition) is 2. The average molecular weight is 289 g/mol. The average Bonchev–Trinajstić information content (AvgIpc) is 2.28. The number of amides is 1. The van der Waals surface area contributed by atoms with Crippen LogP contribution < -0.4 is 5.32 Å². The highest BCUT2D eigenvalue weighted by Crippen LogP contribution is 2.29. The molecule has 0 heterocycles. The fourth-order valence-electron chi connectivity index (χ4n) is 2.36. The van der Waals surface area contributed by atoms with E-state index in [0.29, 0.717) is 32.1 Å². The number of nitrogens with one attached hydrogen (secondary N) is 1. The van der Waals surface area contributed by atoms with Gasteiger partial charge in [-0.25, -0.2) is 14.0 Å². The fraction of sp³-hybridized carbons (Fsp3) is 0.857. The van der Waals surface area contributed by atoms with Crippen LogP contribution in [0.1, 0.15) is 52.9 Å². The zero-order valence-corrected chi connectivity index (χ0v) is 12.3. The second-order valence-corrected chi connectivity index (χ2v) is 6.39. The number of carboxylic acids is 1. The maximum atomic E-state index is 13.0. The summed E-state index contributed by atoms with van der Waals surface area (Å²) in [6, 6.07) is -0.981. The number of ether oxygens (including phenoxy) is 1. The monoisotopic (exact) mass is 289 g/mol. The van der Waals surface area contributed by atoms with E-state index in [1.54, 1.807) is 20.8 Å². The summed E-state index contributed by atoms with van der Waals surface area (Å²) in [6.07, 6.45) is 1.10. The van der Waals surface area contributed by atoms with E-state index in [1.807, 2.05) is 0 Å². The van der Waals surface area contributed by atoms with Gasteiger partial charge < -0.3 is 15.2 Å². The summed E-state index contributed by atoms with van der Waals surface area (Å²) in [7, 11) is 0. The molecule has 1 aliphatic rings. The molecule has 116 valence electrons. The highest BCUT2D eigenvalue weighted by molar-refractivity contribution is 5.80. The van der Waals surface area contributed by atoms with Crippen molar-refractivity contribution in [2.75, 3.05) is 0 Å². The molecular weight excluding hydrogens is 265 g/mol. The molecule has 6 heteroatoms. The molecule has 0 radical (unpaired) electrons. The van der Waals surface area contributed by atoms with Crippen LogP contribution in [0.5, 0.6) is 0 Å². The van der Waals surface area contributed by atoms with Gasteiger partial charge in [0.25, 0.3) is 0 Å². The van der Waals surface area contributed by atoms with E-state index < -0.39 is 29.9 Å². The van der Waals surface area contributed by atoms with Gasteiger partial charge in [-0.1, -0.05) is 0 Å². The van der Waals surface area contributed by atoms with Crippen LogP contribution in [0.3, 0.4) is 0 Å². The Kier molecular flexibility index (Phi) is 5.77. The summed E-state index contributed by atoms with van der Waals surface area (Å²) in [5.41, 5.74) is -0.667. The van der Waals surface area contributed by atoms with Crippen molar-refractivity contribution >= 4 is 12.1 Å². The lowest BCUT2D eigenvalue weighted by molar-refractivity contribution is -0.140. The van der Waals surface area contributed by atoms with Crippen molar-refractivity contribution in [1.82, 2.24) is 5.32 Å². The molecular formula is C14H24FNO4. The molecule has 0 spiro atoms. The number of carbonyl (C=O) groups is 2. The molecule has 5 nitrogen and oxygen atoms in total. The summed E-state index contributed by atoms with van der Waals surface area (Å²) in [6.45, 7) is 5.14. The van der Waals surface area contributed by atoms with Gasteiger partial charge >= 0.3 is 12.1 Å². The van der Waals surface area contributed by atoms with E-state index in [4.69, 9.17) is 9.84 Å². The molecule has 1 aliphatic carbocycles. The largest absolute Gasteiger partial charge is 0.480 e. The van der Waals surface area contributed by atoms with Crippen LogP contribution in [0, 0.1) is 5.92 Å². The number of carboxylic acid groups (broad SMARTS) is 1. The molecule has 0 aromatic heterocycles. The van der Waals surface area contributed by atoms with Gasteiger partial charge in [-0.15, -0.1) is 0 Å². The lowest BCUT2D eigenvalue weighted by atomic mass is 9.84. The van der Waals surface area contributed by atoms with Crippen molar-refractivity contribution in [2.45, 2.75) is 70.7 Å². The summed E-state index contributed by atoms with van der Waals surface area (Å²) >= 11 is 0. The first-order valence-corrected chi connectivity index (χ1v) is 7.04. The third kappa shape index (κ3) is 6.21. The number of alkyl carbamates (subject to hydrolysis) is 1. The molecule has 0 aromatic carbocycles. The fourth-order valence-corrected chi connectivity index (χ4v) is 2.36. The Balaban J connectivity index is 2.48. The Bertz CT molecular complexity index is 346. The molecule has 0 bridgehead atoms. The van der Waals surface area contributed by atoms with Crippen LogP contribution in [-0.2, 0) is 9.53 Å². The topological polar surface area (TPSA) is 75.6 Å². The van der Waals surface area contributed by atoms with Crippen molar-refractivity contribution in [2.24, 2.45) is 5.92 Å². The molecule has 0 unspecified atom stereocenters. The van der Waals surface area contributed by atoms with E-state index in [0.717, 1.165) is 0 Å². The Hall–Kier alpha value is -1.33. The lowest BCUT2D eigenvalue weighted by Gasteiger charge is -2.27. The van der Waals surface area contributed by atoms with Crippen LogP contribution in [0.25, 0.3) is 0 Å². The molecule has 0 saturated heterocycles. The van der Waals surface area contributed by atoms with Gasteiger partial charge in [-0.05, 0) is 58.8 Å². The highest BCUT2D eigenvalue weighted by atomic mass is 19.1. The minimum atomic E-state index is -1.08. The third-order valence-corrected chi connectivity index (χ3v) is 3.33. The van der Waals surface area contributed by atoms with Gasteiger partial charge in [0.15, 0.2) is 0 Å². The Morgan fingerprint density at radius 2 is 1.85 bits per heavy atom. The van der Waals surface area contributed by atoms with Crippen molar-refractivity contribution < 1.29 is 23.8 Å². The van der Waals surface area contributed by atoms with Crippen LogP contribution >= 0.6 is 0 Å². The van der Waals surface area contributed by atoms with Gasteiger partial charge in [-0.2, -0.15) is 0 Å². The minimum absolute atomic E-state index is 0.137. The van der Waals surface area contributed by atoms with Crippen molar-refractivity contribution in [3.63, 3.8) is 0 Å². The van der Waals surface area contributed by atoms with E-state index in [2.05, 4.69) is 5.32 Å². The molecule has 20 heavy (non-hydrogen) atoms. The van der Waals surface area contributed by atoms with Gasteiger partial charge in [0.05, 0.1) is 0 Å². The van der Waals surface area contributed by atoms with Crippen molar-refractivity contribution in [3.05, 3.63) is 0 Å². The summed E-state index contributed by atoms with van der Waals surface area (Å²) in [5, 5.41) is 11.5. The molecule has 0 aromatic rings. The highest BCUT2D eigenvalue weighted by Gasteiger charge is 2.29. The molecule has 1 atom stereocenters. The third-order valence-electron chi connectivity index (χ3n) is 3.33. The van der Waals surface area contributed by atoms with Gasteiger partial charge in [-0.3, -0.25) is 0 Å². The minimum Gasteiger partial charge on any atom is -0.480 e. The number of carbonyl (C=O) groups excluding carboxylic acids is 1. The zero-order valence-electron chi connectivity index (χ0n) is 12.3. The van der Waals surface area contributed by atoms with Crippen LogP contribution in [0.2, 0.25) is 0 Å². The van der Waals surface area contributed by atoms with Gasteiger partial charge in [0.1, 0.15) is 17.8 Å². The van der Waals surface area contributed by atoms with Crippen molar-refractivity contribution in [3.8, 4) is 0 Å². The SMILES string of the molecule is CC(C)(C)OC(=O)N[C@@H](CC1CCC(F)CC1)C(=O)O. The Labute approximate surface area is 118 Å². The number of halogens is 1. The molecule has 2 N–H and O–H groups in total. The number of hydrogen-bond acceptors (Lipinski definition) is 3. The maximum Gasteiger partial charge on any atom is 0.408 e. The van der Waals surface area contributed by atoms with E-state index in [1.165, 1.54) is 0 Å². The van der Waals surface area contributed by atoms with E-state index in [9.17, 15) is 14.0 Å². The van der Waals surface area contributed by atoms with Crippen LogP contribution in [-0.4, -0.2) is 35.0 Å². The summed E-state index contributed by atoms with van der Waals surface area (Å²) in [4.78, 5) is 22.8. The van der Waals surface area contributed by atoms with Crippen LogP contribution in [0.4, 0.5) is 9.18 Å². The first-order valence-electron chi connectivity index (χ1n) is 7.04. The standard InChI is InChI=1S/C14H24FNO4/c1-14(2,3)20-13(19)16-11(12(17)18)8-9-4-6-10(15)7-5-9/h9-11H,4-8H2,1-3H3,(H,16,19)(H,17,18)/t9?,10?,11-/m0/s1. The van der Waals surface area contributed by atoms with E-state index >= 15 is 0 Å². The number of rotatable bonds is 4.